The van der Waals surface area contributed by atoms with Crippen LogP contribution in [0.4, 0.5) is 0 Å². The first-order valence-electron chi connectivity index (χ1n) is 47.2. The van der Waals surface area contributed by atoms with Gasteiger partial charge in [0.05, 0.1) is 0 Å². The van der Waals surface area contributed by atoms with Gasteiger partial charge >= 0.3 is 0 Å². The third-order valence-corrected chi connectivity index (χ3v) is 29.2. The second-order valence-electron chi connectivity index (χ2n) is 43.0. The standard InChI is InChI=1S/C16H30.C14H26.C12H20.C12H22.2C11H20.C6H14.C5H12.2C4H10/c1-13-6-8-16(9-7-13)11-14(2,3)10-15(4,5)12-16;1-12-4-6-14(7-5-12)10-8-13(2,3)9-11-14;1-2-12-6-9-3-10(7-12)5-11(4-9)8-12;1-11-5-9-12(10-6-11)7-3-2-4-8-12;1-8-9-4-6-10(7-5-9)11(8,2)3;1-10-4-8-11(9-5-10)6-2-3-7-11;1-5-6(2,3)4;1-4-5(2)3;2*1-4(2)3/h13H,6-12H2,1-5H3;12H,4-11H2,1-3H3;9-11H,2-8H2,1H3;11H,2-10H2,1H3;8-10H,4-7H2,1-3H3;10H,2-9H2,1H3;5H2,1-4H3;5H,4H2,1-3H3;2*4H,1-3H3/t;;;;8-,9?,10?;;;;;/m....1...../s1/i;;;;;;5D2;4D2;1D3,4D;4D. The van der Waals surface area contributed by atoms with Crippen LogP contribution in [-0.2, 0) is 0 Å². The van der Waals surface area contributed by atoms with Gasteiger partial charge in [0.15, 0.2) is 0 Å². The lowest BCUT2D eigenvalue weighted by Crippen LogP contribution is -2.45. The van der Waals surface area contributed by atoms with Gasteiger partial charge in [0.2, 0.25) is 0 Å². The molecule has 0 aromatic heterocycles. The fourth-order valence-corrected chi connectivity index (χ4v) is 22.8. The summed E-state index contributed by atoms with van der Waals surface area (Å²) in [5, 5.41) is 0. The molecule has 15 saturated carbocycles. The van der Waals surface area contributed by atoms with E-state index < -0.39 is 25.5 Å². The van der Waals surface area contributed by atoms with Crippen LogP contribution in [0.2, 0.25) is 0 Å². The van der Waals surface area contributed by atoms with Gasteiger partial charge in [0.25, 0.3) is 0 Å². The van der Waals surface area contributed by atoms with Gasteiger partial charge in [-0.25, -0.2) is 0 Å². The topological polar surface area (TPSA) is 0 Å². The van der Waals surface area contributed by atoms with Crippen LogP contribution < -0.4 is 0 Å². The largest absolute Gasteiger partial charge is 0.0651 e. The molecule has 0 saturated heterocycles. The smallest absolute Gasteiger partial charge is 0.0294 e. The molecule has 0 unspecified atom stereocenters. The molecule has 0 amide bonds. The van der Waals surface area contributed by atoms with E-state index in [4.69, 9.17) is 12.3 Å². The number of fused-ring (bicyclic) bond motifs is 3. The fraction of sp³-hybridized carbons (Fsp3) is 1.00. The maximum Gasteiger partial charge on any atom is 0.0294 e. The van der Waals surface area contributed by atoms with Crippen LogP contribution in [0.15, 0.2) is 0 Å². The van der Waals surface area contributed by atoms with Crippen molar-refractivity contribution in [1.29, 1.82) is 0 Å². The molecule has 6 bridgehead atoms. The zero-order valence-electron chi connectivity index (χ0n) is 79.3. The molecule has 15 aliphatic rings. The SMILES string of the molecule is CC1CCC2(CC1)CC(C)(C)CC(C)(C)C2.CC1CCC2(CC1)CCC(C)(C)CC2.CC1CCC2(CCCC2)CC1.CC1CCC2(CCCCC2)CC1.CCC12CC3CC(CC(C3)C1)C2.C[C@@H]1C2CCC(CC2)C1(C)C.[2H]C(C)(C)C.[2H]C([2H])(C)C(C)(C)C.[2H]C([2H])(C)C(C)C.[2H]C([2H])([2H])C([2H])(C)C. The monoisotopic (exact) mass is 1330 g/mol. The van der Waals surface area contributed by atoms with E-state index in [1.807, 2.05) is 55.4 Å². The van der Waals surface area contributed by atoms with Crippen LogP contribution in [-0.4, -0.2) is 0 Å². The molecule has 15 rings (SSSR count). The van der Waals surface area contributed by atoms with E-state index in [2.05, 4.69) is 96.9 Å². The predicted octanol–water partition coefficient (Wildman–Crippen LogP) is 33.0. The Morgan fingerprint density at radius 1 is 0.400 bits per heavy atom. The van der Waals surface area contributed by atoms with E-state index in [9.17, 15) is 0 Å². The second kappa shape index (κ2) is 39.2. The normalized spacial score (nSPS) is 35.0. The lowest BCUT2D eigenvalue weighted by Gasteiger charge is -2.56. The molecular weight excluding hydrogens is 1140 g/mol. The first kappa shape index (κ1) is 73.3. The summed E-state index contributed by atoms with van der Waals surface area (Å²) in [5.41, 5.74) is 6.25. The molecule has 4 spiro atoms. The summed E-state index contributed by atoms with van der Waals surface area (Å²) in [6, 6.07) is 0. The van der Waals surface area contributed by atoms with Crippen molar-refractivity contribution < 1.29 is 12.3 Å². The maximum atomic E-state index is 7.25. The van der Waals surface area contributed by atoms with Gasteiger partial charge in [-0.3, -0.25) is 0 Å². The maximum absolute atomic E-state index is 7.25. The van der Waals surface area contributed by atoms with Crippen molar-refractivity contribution in [1.82, 2.24) is 0 Å². The Labute approximate surface area is 616 Å². The molecule has 0 nitrogen and oxygen atoms in total. The summed E-state index contributed by atoms with van der Waals surface area (Å²) >= 11 is 0. The summed E-state index contributed by atoms with van der Waals surface area (Å²) in [6.45, 7) is 53.2. The molecule has 0 heterocycles. The fourth-order valence-electron chi connectivity index (χ4n) is 22.8. The Hall–Kier alpha value is 0. The summed E-state index contributed by atoms with van der Waals surface area (Å²) in [7, 11) is 0. The molecule has 0 N–H and O–H groups in total. The van der Waals surface area contributed by atoms with Crippen LogP contribution in [0.3, 0.4) is 0 Å². The minimum atomic E-state index is -2.15. The van der Waals surface area contributed by atoms with Crippen LogP contribution in [0.25, 0.3) is 0 Å². The van der Waals surface area contributed by atoms with Gasteiger partial charge in [-0.1, -0.05) is 290 Å². The molecule has 15 fully saturated rings. The average molecular weight is 1340 g/mol. The zero-order chi connectivity index (χ0) is 79.3. The summed E-state index contributed by atoms with van der Waals surface area (Å²) in [4.78, 5) is 0. The van der Waals surface area contributed by atoms with E-state index in [-0.39, 0.29) is 17.2 Å². The second-order valence-corrected chi connectivity index (χ2v) is 43.0. The third kappa shape index (κ3) is 31.1. The van der Waals surface area contributed by atoms with E-state index >= 15 is 0 Å². The molecule has 0 aromatic carbocycles. The number of rotatable bonds is 2. The Kier molecular flexibility index (Phi) is 30.3. The highest BCUT2D eigenvalue weighted by atomic mass is 14.6. The van der Waals surface area contributed by atoms with E-state index in [1.165, 1.54) is 200 Å². The van der Waals surface area contributed by atoms with Crippen LogP contribution in [0.1, 0.15) is 488 Å². The van der Waals surface area contributed by atoms with Crippen LogP contribution >= 0.6 is 0 Å². The molecule has 95 heavy (non-hydrogen) atoms. The van der Waals surface area contributed by atoms with Gasteiger partial charge < -0.3 is 0 Å². The molecule has 564 valence electrons. The molecule has 0 aliphatic heterocycles. The van der Waals surface area contributed by atoms with Crippen molar-refractivity contribution in [2.24, 2.45) is 131 Å². The van der Waals surface area contributed by atoms with Crippen molar-refractivity contribution in [3.8, 4) is 0 Å². The lowest BCUT2D eigenvalue weighted by molar-refractivity contribution is -0.0545. The Balaban J connectivity index is 0.000000248. The Morgan fingerprint density at radius 3 is 0.947 bits per heavy atom. The van der Waals surface area contributed by atoms with E-state index in [0.29, 0.717) is 27.1 Å². The molecular formula is C95H184. The van der Waals surface area contributed by atoms with Crippen LogP contribution in [0, 0.1) is 131 Å². The molecule has 0 heteroatoms. The summed E-state index contributed by atoms with van der Waals surface area (Å²) in [6.07, 6.45) is 63.5. The quantitative estimate of drug-likeness (QED) is 0.259. The van der Waals surface area contributed by atoms with Crippen molar-refractivity contribution in [2.45, 2.75) is 476 Å². The first-order chi connectivity index (χ1) is 47.2. The summed E-state index contributed by atoms with van der Waals surface area (Å²) < 4.78 is 62.8. The number of hydrogen-bond donors (Lipinski definition) is 0. The highest BCUT2D eigenvalue weighted by molar-refractivity contribution is 5.02. The highest BCUT2D eigenvalue weighted by Gasteiger charge is 2.51. The Morgan fingerprint density at radius 2 is 0.695 bits per heavy atom. The van der Waals surface area contributed by atoms with Crippen LogP contribution in [0.5, 0.6) is 0 Å². The Bertz CT molecular complexity index is 2230. The lowest BCUT2D eigenvalue weighted by atomic mass is 9.49. The van der Waals surface area contributed by atoms with Gasteiger partial charge in [-0.05, 0) is 317 Å². The zero-order valence-corrected chi connectivity index (χ0v) is 70.3. The summed E-state index contributed by atoms with van der Waals surface area (Å²) in [5.74, 6) is 9.16. The number of hydrogen-bond acceptors (Lipinski definition) is 0. The van der Waals surface area contributed by atoms with Crippen molar-refractivity contribution in [3.63, 3.8) is 0 Å². The van der Waals surface area contributed by atoms with E-state index in [0.717, 1.165) is 80.8 Å². The average Bonchev–Trinajstić information content (AvgIpc) is 0.802. The molecule has 1 atom stereocenters. The third-order valence-electron chi connectivity index (χ3n) is 29.2. The van der Waals surface area contributed by atoms with Gasteiger partial charge in [-0.15, -0.1) is 0 Å². The molecule has 0 aromatic rings. The van der Waals surface area contributed by atoms with Gasteiger partial charge in [0.1, 0.15) is 0 Å². The highest BCUT2D eigenvalue weighted by Crippen LogP contribution is 2.63. The van der Waals surface area contributed by atoms with Gasteiger partial charge in [0, 0.05) is 12.3 Å². The molecule has 15 aliphatic carbocycles. The first-order valence-corrected chi connectivity index (χ1v) is 42.7. The minimum Gasteiger partial charge on any atom is -0.0651 e. The van der Waals surface area contributed by atoms with E-state index in [1.54, 1.807) is 104 Å². The predicted molar refractivity (Wildman–Crippen MR) is 431 cm³/mol. The van der Waals surface area contributed by atoms with Crippen molar-refractivity contribution in [3.05, 3.63) is 0 Å². The minimum absolute atomic E-state index is 0.132. The van der Waals surface area contributed by atoms with Crippen molar-refractivity contribution >= 4 is 0 Å². The molecule has 0 radical (unpaired) electrons. The van der Waals surface area contributed by atoms with Gasteiger partial charge in [-0.2, -0.15) is 0 Å². The van der Waals surface area contributed by atoms with Crippen molar-refractivity contribution in [2.75, 3.05) is 0 Å².